The Balaban J connectivity index is 2.44. The van der Waals surface area contributed by atoms with E-state index >= 15 is 0 Å². The second-order valence-corrected chi connectivity index (χ2v) is 5.40. The molecule has 1 aromatic carbocycles. The summed E-state index contributed by atoms with van der Waals surface area (Å²) in [5.41, 5.74) is 5.65. The van der Waals surface area contributed by atoms with Crippen molar-refractivity contribution in [3.05, 3.63) is 58.4 Å². The molecule has 0 aliphatic rings. The fraction of sp³-hybridized carbons (Fsp3) is 0.133. The second-order valence-electron chi connectivity index (χ2n) is 4.52. The minimum atomic E-state index is -0.825. The quantitative estimate of drug-likeness (QED) is 0.491. The van der Waals surface area contributed by atoms with Crippen LogP contribution in [0.4, 0.5) is 0 Å². The van der Waals surface area contributed by atoms with Crippen LogP contribution in [-0.2, 0) is 4.74 Å². The van der Waals surface area contributed by atoms with Gasteiger partial charge in [-0.3, -0.25) is 4.79 Å². The van der Waals surface area contributed by atoms with Gasteiger partial charge in [-0.25, -0.2) is 9.48 Å². The number of halogens is 2. The van der Waals surface area contributed by atoms with Crippen LogP contribution in [0.25, 0.3) is 5.69 Å². The van der Waals surface area contributed by atoms with Crippen LogP contribution in [0.5, 0.6) is 0 Å². The average Bonchev–Trinajstić information content (AvgIpc) is 2.91. The normalized spacial score (nSPS) is 10.3. The van der Waals surface area contributed by atoms with Crippen molar-refractivity contribution >= 4 is 35.1 Å². The first-order valence-corrected chi connectivity index (χ1v) is 7.32. The van der Waals surface area contributed by atoms with Crippen molar-refractivity contribution < 1.29 is 14.3 Å². The number of nitrogens with two attached hydrogens (primary N) is 1. The molecule has 1 amide bonds. The van der Waals surface area contributed by atoms with E-state index in [0.717, 1.165) is 0 Å². The third-order valence-corrected chi connectivity index (χ3v) is 3.31. The molecule has 2 rings (SSSR count). The summed E-state index contributed by atoms with van der Waals surface area (Å²) < 4.78 is 6.23. The summed E-state index contributed by atoms with van der Waals surface area (Å²) in [5.74, 6) is -1.52. The van der Waals surface area contributed by atoms with Crippen LogP contribution in [0, 0.1) is 0 Å². The minimum absolute atomic E-state index is 0.0299. The summed E-state index contributed by atoms with van der Waals surface area (Å²) in [5, 5.41) is 4.73. The molecule has 0 spiro atoms. The summed E-state index contributed by atoms with van der Waals surface area (Å²) in [6, 6.07) is 4.61. The Kier molecular flexibility index (Phi) is 5.41. The highest BCUT2D eigenvalue weighted by atomic mass is 35.5. The third kappa shape index (κ3) is 3.91. The van der Waals surface area contributed by atoms with Crippen molar-refractivity contribution in [2.45, 2.75) is 6.42 Å². The van der Waals surface area contributed by atoms with Gasteiger partial charge in [0.1, 0.15) is 11.3 Å². The van der Waals surface area contributed by atoms with Crippen molar-refractivity contribution in [1.29, 1.82) is 0 Å². The number of primary amides is 1. The number of hydrogen-bond acceptors (Lipinski definition) is 4. The number of carbonyl (C=O) groups excluding carboxylic acids is 2. The van der Waals surface area contributed by atoms with Crippen molar-refractivity contribution in [1.82, 2.24) is 9.78 Å². The van der Waals surface area contributed by atoms with Gasteiger partial charge >= 0.3 is 5.97 Å². The summed E-state index contributed by atoms with van der Waals surface area (Å²) in [6.45, 7) is 3.68. The SMILES string of the molecule is C=CCCOC(=O)c1cnn(-c2cc(Cl)cc(Cl)c2)c1C(N)=O. The molecular weight excluding hydrogens is 341 g/mol. The van der Waals surface area contributed by atoms with E-state index in [9.17, 15) is 9.59 Å². The Morgan fingerprint density at radius 1 is 1.30 bits per heavy atom. The van der Waals surface area contributed by atoms with E-state index in [2.05, 4.69) is 11.7 Å². The fourth-order valence-corrected chi connectivity index (χ4v) is 2.42. The fourth-order valence-electron chi connectivity index (χ4n) is 1.90. The maximum atomic E-state index is 12.1. The van der Waals surface area contributed by atoms with Crippen LogP contribution in [0.3, 0.4) is 0 Å². The number of nitrogens with zero attached hydrogens (tertiary/aromatic N) is 2. The van der Waals surface area contributed by atoms with E-state index in [1.807, 2.05) is 0 Å². The Labute approximate surface area is 142 Å². The molecule has 1 aromatic heterocycles. The Morgan fingerprint density at radius 3 is 2.52 bits per heavy atom. The number of rotatable bonds is 6. The lowest BCUT2D eigenvalue weighted by Crippen LogP contribution is -2.21. The molecule has 2 aromatic rings. The second kappa shape index (κ2) is 7.30. The van der Waals surface area contributed by atoms with Crippen molar-refractivity contribution in [3.63, 3.8) is 0 Å². The monoisotopic (exact) mass is 353 g/mol. The maximum Gasteiger partial charge on any atom is 0.342 e. The summed E-state index contributed by atoms with van der Waals surface area (Å²) in [4.78, 5) is 23.8. The van der Waals surface area contributed by atoms with E-state index < -0.39 is 11.9 Å². The standard InChI is InChI=1S/C15H13Cl2N3O3/c1-2-3-4-23-15(22)12-8-19-20(13(12)14(18)21)11-6-9(16)5-10(17)7-11/h2,5-8H,1,3-4H2,(H2,18,21). The largest absolute Gasteiger partial charge is 0.462 e. The number of benzene rings is 1. The Morgan fingerprint density at radius 2 is 1.96 bits per heavy atom. The number of carbonyl (C=O) groups is 2. The summed E-state index contributed by atoms with van der Waals surface area (Å²) in [7, 11) is 0. The molecule has 23 heavy (non-hydrogen) atoms. The zero-order valence-corrected chi connectivity index (χ0v) is 13.5. The van der Waals surface area contributed by atoms with Crippen molar-refractivity contribution in [2.75, 3.05) is 6.61 Å². The zero-order valence-electron chi connectivity index (χ0n) is 12.0. The van der Waals surface area contributed by atoms with Crippen LogP contribution in [-0.4, -0.2) is 28.3 Å². The lowest BCUT2D eigenvalue weighted by molar-refractivity contribution is 0.0508. The topological polar surface area (TPSA) is 87.2 Å². The zero-order chi connectivity index (χ0) is 17.0. The molecule has 0 atom stereocenters. The molecular formula is C15H13Cl2N3O3. The predicted octanol–water partition coefficient (Wildman–Crippen LogP) is 3.01. The van der Waals surface area contributed by atoms with Crippen LogP contribution >= 0.6 is 23.2 Å². The van der Waals surface area contributed by atoms with Gasteiger partial charge in [0, 0.05) is 10.0 Å². The molecule has 120 valence electrons. The average molecular weight is 354 g/mol. The molecule has 0 bridgehead atoms. The van der Waals surface area contributed by atoms with Gasteiger partial charge < -0.3 is 10.5 Å². The van der Waals surface area contributed by atoms with E-state index in [1.54, 1.807) is 18.2 Å². The molecule has 6 nitrogen and oxygen atoms in total. The van der Waals surface area contributed by atoms with Crippen molar-refractivity contribution in [2.24, 2.45) is 5.73 Å². The van der Waals surface area contributed by atoms with Crippen LogP contribution in [0.1, 0.15) is 27.3 Å². The number of ether oxygens (including phenoxy) is 1. The molecule has 8 heteroatoms. The molecule has 0 aliphatic heterocycles. The number of aromatic nitrogens is 2. The molecule has 2 N–H and O–H groups in total. The van der Waals surface area contributed by atoms with Crippen molar-refractivity contribution in [3.8, 4) is 5.69 Å². The third-order valence-electron chi connectivity index (χ3n) is 2.87. The highest BCUT2D eigenvalue weighted by Crippen LogP contribution is 2.23. The number of hydrogen-bond donors (Lipinski definition) is 1. The van der Waals surface area contributed by atoms with Gasteiger partial charge in [-0.1, -0.05) is 29.3 Å². The Bertz CT molecular complexity index is 751. The van der Waals surface area contributed by atoms with Gasteiger partial charge in [0.2, 0.25) is 0 Å². The first-order chi connectivity index (χ1) is 10.9. The number of amides is 1. The molecule has 1 heterocycles. The van der Waals surface area contributed by atoms with E-state index in [0.29, 0.717) is 22.2 Å². The van der Waals surface area contributed by atoms with Gasteiger partial charge in [-0.15, -0.1) is 6.58 Å². The molecule has 0 unspecified atom stereocenters. The predicted molar refractivity (Wildman–Crippen MR) is 87.2 cm³/mol. The molecule has 0 fully saturated rings. The Hall–Kier alpha value is -2.31. The molecule has 0 saturated carbocycles. The molecule has 0 aliphatic carbocycles. The first-order valence-electron chi connectivity index (χ1n) is 6.56. The minimum Gasteiger partial charge on any atom is -0.462 e. The lowest BCUT2D eigenvalue weighted by Gasteiger charge is -2.08. The van der Waals surface area contributed by atoms with Crippen LogP contribution in [0.2, 0.25) is 10.0 Å². The van der Waals surface area contributed by atoms with Crippen LogP contribution in [0.15, 0.2) is 37.1 Å². The number of esters is 1. The van der Waals surface area contributed by atoms with Gasteiger partial charge in [0.15, 0.2) is 0 Å². The van der Waals surface area contributed by atoms with E-state index in [-0.39, 0.29) is 17.9 Å². The van der Waals surface area contributed by atoms with Gasteiger partial charge in [-0.2, -0.15) is 5.10 Å². The molecule has 0 radical (unpaired) electrons. The summed E-state index contributed by atoms with van der Waals surface area (Å²) in [6.07, 6.45) is 3.32. The van der Waals surface area contributed by atoms with Crippen LogP contribution < -0.4 is 5.73 Å². The maximum absolute atomic E-state index is 12.1. The smallest absolute Gasteiger partial charge is 0.342 e. The molecule has 0 saturated heterocycles. The van der Waals surface area contributed by atoms with Gasteiger partial charge in [0.25, 0.3) is 5.91 Å². The first kappa shape index (κ1) is 17.1. The highest BCUT2D eigenvalue weighted by molar-refractivity contribution is 6.34. The van der Waals surface area contributed by atoms with Gasteiger partial charge in [-0.05, 0) is 24.6 Å². The van der Waals surface area contributed by atoms with E-state index in [4.69, 9.17) is 33.7 Å². The summed E-state index contributed by atoms with van der Waals surface area (Å²) >= 11 is 11.9. The van der Waals surface area contributed by atoms with Gasteiger partial charge in [0.05, 0.1) is 18.5 Å². The lowest BCUT2D eigenvalue weighted by atomic mass is 10.2. The highest BCUT2D eigenvalue weighted by Gasteiger charge is 2.23. The van der Waals surface area contributed by atoms with E-state index in [1.165, 1.54) is 16.9 Å².